The Morgan fingerprint density at radius 1 is 0.939 bits per heavy atom. The number of alkyl halides is 6. The fourth-order valence-corrected chi connectivity index (χ4v) is 6.44. The minimum Gasteiger partial charge on any atom is -0.478 e. The number of hydrogen-bond acceptors (Lipinski definition) is 2. The van der Waals surface area contributed by atoms with Crippen molar-refractivity contribution in [3.8, 4) is 0 Å². The van der Waals surface area contributed by atoms with E-state index in [4.69, 9.17) is 11.6 Å². The molecule has 2 aromatic carbocycles. The molecule has 0 radical (unpaired) electrons. The van der Waals surface area contributed by atoms with Crippen LogP contribution in [-0.4, -0.2) is 11.1 Å². The Kier molecular flexibility index (Phi) is 4.94. The highest BCUT2D eigenvalue weighted by Crippen LogP contribution is 2.64. The molecule has 0 unspecified atom stereocenters. The third-order valence-corrected chi connectivity index (χ3v) is 7.58. The number of carboxylic acid groups (broad SMARTS) is 1. The molecule has 2 aromatic rings. The molecule has 10 heteroatoms. The Hall–Kier alpha value is -2.42. The highest BCUT2D eigenvalue weighted by atomic mass is 35.5. The molecule has 0 spiro atoms. The first-order chi connectivity index (χ1) is 15.3. The van der Waals surface area contributed by atoms with Crippen LogP contribution in [0.3, 0.4) is 0 Å². The van der Waals surface area contributed by atoms with Crippen molar-refractivity contribution in [2.24, 2.45) is 17.8 Å². The average molecular weight is 490 g/mol. The number of aromatic carboxylic acids is 1. The van der Waals surface area contributed by atoms with Gasteiger partial charge in [0.05, 0.1) is 28.4 Å². The summed E-state index contributed by atoms with van der Waals surface area (Å²) in [5.74, 6) is -1.44. The molecular formula is C23H18ClF6NO2. The van der Waals surface area contributed by atoms with Crippen molar-refractivity contribution in [3.63, 3.8) is 0 Å². The van der Waals surface area contributed by atoms with Gasteiger partial charge in [-0.1, -0.05) is 11.6 Å². The van der Waals surface area contributed by atoms with Gasteiger partial charge in [0.2, 0.25) is 0 Å². The summed E-state index contributed by atoms with van der Waals surface area (Å²) in [5.41, 5.74) is -2.15. The first-order valence-corrected chi connectivity index (χ1v) is 10.8. The summed E-state index contributed by atoms with van der Waals surface area (Å²) in [6.45, 7) is 0. The summed E-state index contributed by atoms with van der Waals surface area (Å²) in [7, 11) is 0. The minimum atomic E-state index is -4.96. The van der Waals surface area contributed by atoms with E-state index in [1.165, 1.54) is 6.07 Å². The molecule has 0 amide bonds. The van der Waals surface area contributed by atoms with E-state index >= 15 is 0 Å². The number of benzene rings is 2. The summed E-state index contributed by atoms with van der Waals surface area (Å²) in [6.07, 6.45) is -7.42. The molecule has 3 aliphatic rings. The van der Waals surface area contributed by atoms with E-state index in [0.717, 1.165) is 31.4 Å². The quantitative estimate of drug-likeness (QED) is 0.433. The van der Waals surface area contributed by atoms with Crippen molar-refractivity contribution >= 4 is 23.3 Å². The molecule has 0 aromatic heterocycles. The van der Waals surface area contributed by atoms with Crippen LogP contribution in [0, 0.1) is 17.8 Å². The average Bonchev–Trinajstić information content (AvgIpc) is 3.33. The number of carbonyl (C=O) groups is 1. The topological polar surface area (TPSA) is 49.3 Å². The number of anilines is 1. The molecule has 2 N–H and O–H groups in total. The summed E-state index contributed by atoms with van der Waals surface area (Å²) >= 11 is 6.17. The van der Waals surface area contributed by atoms with E-state index in [9.17, 15) is 36.2 Å². The lowest BCUT2D eigenvalue weighted by Gasteiger charge is -2.44. The smallest absolute Gasteiger partial charge is 0.416 e. The van der Waals surface area contributed by atoms with Gasteiger partial charge < -0.3 is 10.4 Å². The second kappa shape index (κ2) is 7.29. The van der Waals surface area contributed by atoms with E-state index in [2.05, 4.69) is 5.32 Å². The number of halogens is 7. The first kappa shape index (κ1) is 22.4. The lowest BCUT2D eigenvalue weighted by Crippen LogP contribution is -2.36. The van der Waals surface area contributed by atoms with Crippen molar-refractivity contribution in [2.75, 3.05) is 5.32 Å². The lowest BCUT2D eigenvalue weighted by atomic mass is 9.67. The second-order valence-electron chi connectivity index (χ2n) is 9.12. The van der Waals surface area contributed by atoms with Crippen LogP contribution in [0.15, 0.2) is 30.3 Å². The molecule has 1 heterocycles. The van der Waals surface area contributed by atoms with Gasteiger partial charge in [0.25, 0.3) is 0 Å². The molecule has 2 saturated carbocycles. The second-order valence-corrected chi connectivity index (χ2v) is 9.56. The van der Waals surface area contributed by atoms with Crippen LogP contribution in [0.2, 0.25) is 5.02 Å². The zero-order chi connectivity index (χ0) is 23.9. The zero-order valence-electron chi connectivity index (χ0n) is 16.9. The van der Waals surface area contributed by atoms with Gasteiger partial charge >= 0.3 is 18.3 Å². The zero-order valence-corrected chi connectivity index (χ0v) is 17.7. The maximum Gasteiger partial charge on any atom is 0.416 e. The van der Waals surface area contributed by atoms with Gasteiger partial charge in [0.15, 0.2) is 0 Å². The number of rotatable bonds is 2. The summed E-state index contributed by atoms with van der Waals surface area (Å²) < 4.78 is 81.0. The number of carboxylic acids is 1. The third-order valence-electron chi connectivity index (χ3n) is 7.36. The highest BCUT2D eigenvalue weighted by molar-refractivity contribution is 6.31. The predicted octanol–water partition coefficient (Wildman–Crippen LogP) is 7.37. The van der Waals surface area contributed by atoms with Crippen LogP contribution in [0.5, 0.6) is 0 Å². The van der Waals surface area contributed by atoms with Crippen LogP contribution >= 0.6 is 11.6 Å². The van der Waals surface area contributed by atoms with E-state index in [-0.39, 0.29) is 51.6 Å². The Labute approximate surface area is 189 Å². The number of fused-ring (bicyclic) bond motifs is 7. The molecule has 5 rings (SSSR count). The third kappa shape index (κ3) is 3.64. The Bertz CT molecular complexity index is 1110. The van der Waals surface area contributed by atoms with Crippen molar-refractivity contribution in [2.45, 2.75) is 43.6 Å². The van der Waals surface area contributed by atoms with Gasteiger partial charge in [0, 0.05) is 5.02 Å². The standard InChI is InChI=1S/C23H18ClF6NO2/c24-14-7-15-17-9-1-2-10(3-9)18(17)19(31-20(15)16(8-14)21(32)33)11-4-12(22(25,26)27)6-13(5-11)23(28,29)30/h4-10,17-19,31H,1-3H2,(H,32,33)/t9-,10+,17+,18+,19+/m0/s1. The van der Waals surface area contributed by atoms with Crippen molar-refractivity contribution in [1.29, 1.82) is 0 Å². The molecule has 2 aliphatic carbocycles. The predicted molar refractivity (Wildman–Crippen MR) is 108 cm³/mol. The molecule has 33 heavy (non-hydrogen) atoms. The van der Waals surface area contributed by atoms with E-state index in [1.54, 1.807) is 6.07 Å². The fraction of sp³-hybridized carbons (Fsp3) is 0.435. The van der Waals surface area contributed by atoms with Crippen molar-refractivity contribution in [1.82, 2.24) is 0 Å². The lowest BCUT2D eigenvalue weighted by molar-refractivity contribution is -0.143. The SMILES string of the molecule is O=C(O)c1cc(Cl)cc2c1N[C@H](c1cc(C(F)(F)F)cc(C(F)(F)F)c1)[C@@H]1[C@@H]3CC[C@@H](C3)[C@H]21. The molecular weight excluding hydrogens is 472 g/mol. The molecule has 1 aliphatic heterocycles. The normalized spacial score (nSPS) is 28.3. The molecule has 3 nitrogen and oxygen atoms in total. The van der Waals surface area contributed by atoms with Crippen LogP contribution in [-0.2, 0) is 12.4 Å². The Balaban J connectivity index is 1.71. The van der Waals surface area contributed by atoms with Crippen molar-refractivity contribution < 1.29 is 36.2 Å². The Morgan fingerprint density at radius 2 is 1.55 bits per heavy atom. The Morgan fingerprint density at radius 3 is 2.12 bits per heavy atom. The number of nitrogens with one attached hydrogen (secondary N) is 1. The first-order valence-electron chi connectivity index (χ1n) is 10.5. The van der Waals surface area contributed by atoms with E-state index in [0.29, 0.717) is 5.56 Å². The largest absolute Gasteiger partial charge is 0.478 e. The van der Waals surface area contributed by atoms with Gasteiger partial charge in [-0.05, 0) is 84.4 Å². The minimum absolute atomic E-state index is 0.112. The number of hydrogen-bond donors (Lipinski definition) is 2. The summed E-state index contributed by atoms with van der Waals surface area (Å²) in [5, 5.41) is 13.0. The molecule has 2 bridgehead atoms. The van der Waals surface area contributed by atoms with Crippen molar-refractivity contribution in [3.05, 3.63) is 63.2 Å². The molecule has 0 saturated heterocycles. The van der Waals surface area contributed by atoms with Crippen LogP contribution in [0.1, 0.15) is 63.8 Å². The van der Waals surface area contributed by atoms with Gasteiger partial charge in [-0.15, -0.1) is 0 Å². The molecule has 2 fully saturated rings. The van der Waals surface area contributed by atoms with Crippen LogP contribution in [0.25, 0.3) is 0 Å². The maximum atomic E-state index is 13.5. The van der Waals surface area contributed by atoms with Crippen LogP contribution in [0.4, 0.5) is 32.0 Å². The van der Waals surface area contributed by atoms with E-state index < -0.39 is 35.5 Å². The van der Waals surface area contributed by atoms with E-state index in [1.807, 2.05) is 0 Å². The van der Waals surface area contributed by atoms with Gasteiger partial charge in [-0.3, -0.25) is 0 Å². The maximum absolute atomic E-state index is 13.5. The van der Waals surface area contributed by atoms with Gasteiger partial charge in [-0.25, -0.2) is 4.79 Å². The molecule has 5 atom stereocenters. The monoisotopic (exact) mass is 489 g/mol. The van der Waals surface area contributed by atoms with Crippen LogP contribution < -0.4 is 5.32 Å². The molecule has 176 valence electrons. The van der Waals surface area contributed by atoms with Gasteiger partial charge in [0.1, 0.15) is 0 Å². The van der Waals surface area contributed by atoms with Gasteiger partial charge in [-0.2, -0.15) is 26.3 Å². The fourth-order valence-electron chi connectivity index (χ4n) is 6.21. The summed E-state index contributed by atoms with van der Waals surface area (Å²) in [6, 6.07) is 3.63. The highest BCUT2D eigenvalue weighted by Gasteiger charge is 2.54. The summed E-state index contributed by atoms with van der Waals surface area (Å²) in [4.78, 5) is 11.9.